The van der Waals surface area contributed by atoms with Crippen molar-refractivity contribution in [3.05, 3.63) is 93.2 Å². The highest BCUT2D eigenvalue weighted by Gasteiger charge is 2.26. The minimum absolute atomic E-state index is 0.000907. The Morgan fingerprint density at radius 1 is 0.969 bits per heavy atom. The van der Waals surface area contributed by atoms with Crippen LogP contribution in [0.15, 0.2) is 81.4 Å². The molecule has 0 aliphatic carbocycles. The molecule has 6 nitrogen and oxygen atoms in total. The van der Waals surface area contributed by atoms with Crippen molar-refractivity contribution in [1.82, 2.24) is 4.57 Å². The van der Waals surface area contributed by atoms with Gasteiger partial charge in [-0.25, -0.2) is 8.42 Å². The highest BCUT2D eigenvalue weighted by molar-refractivity contribution is 7.91. The Morgan fingerprint density at radius 3 is 2.31 bits per heavy atom. The first kappa shape index (κ1) is 20.6. The number of aryl methyl sites for hydroxylation is 1. The standard InChI is InChI=1S/C24H18ClNO5S/c1-15-2-4-16(5-3-15)12-26-13-23(32(28,29)18-8-6-17(25)7-9-18)24(27)19-10-21-22(11-20(19)26)31-14-30-21/h2-11,13H,12,14H2,1H3. The zero-order valence-corrected chi connectivity index (χ0v) is 18.6. The summed E-state index contributed by atoms with van der Waals surface area (Å²) >= 11 is 5.91. The number of hydrogen-bond donors (Lipinski definition) is 0. The fraction of sp³-hybridized carbons (Fsp3) is 0.125. The van der Waals surface area contributed by atoms with Crippen LogP contribution in [0.1, 0.15) is 11.1 Å². The molecule has 0 amide bonds. The van der Waals surface area contributed by atoms with Gasteiger partial charge in [0.25, 0.3) is 0 Å². The van der Waals surface area contributed by atoms with Crippen LogP contribution in [0.2, 0.25) is 5.02 Å². The van der Waals surface area contributed by atoms with E-state index in [1.807, 2.05) is 31.2 Å². The Kier molecular flexibility index (Phi) is 4.95. The molecule has 0 N–H and O–H groups in total. The number of halogens is 1. The number of benzene rings is 3. The highest BCUT2D eigenvalue weighted by Crippen LogP contribution is 2.36. The van der Waals surface area contributed by atoms with Crippen LogP contribution in [0, 0.1) is 6.92 Å². The van der Waals surface area contributed by atoms with Crippen LogP contribution in [0.4, 0.5) is 0 Å². The van der Waals surface area contributed by atoms with Gasteiger partial charge in [0.2, 0.25) is 22.1 Å². The van der Waals surface area contributed by atoms with Gasteiger partial charge in [-0.15, -0.1) is 0 Å². The fourth-order valence-corrected chi connectivity index (χ4v) is 5.20. The third-order valence-corrected chi connectivity index (χ3v) is 7.44. The molecule has 0 radical (unpaired) electrons. The Hall–Kier alpha value is -3.29. The molecule has 0 bridgehead atoms. The lowest BCUT2D eigenvalue weighted by atomic mass is 10.1. The maximum absolute atomic E-state index is 13.4. The Morgan fingerprint density at radius 2 is 1.62 bits per heavy atom. The lowest BCUT2D eigenvalue weighted by Crippen LogP contribution is -2.19. The third-order valence-electron chi connectivity index (χ3n) is 5.43. The van der Waals surface area contributed by atoms with Crippen molar-refractivity contribution in [2.24, 2.45) is 0 Å². The van der Waals surface area contributed by atoms with E-state index in [1.54, 1.807) is 16.7 Å². The molecular formula is C24H18ClNO5S. The van der Waals surface area contributed by atoms with Crippen molar-refractivity contribution in [2.45, 2.75) is 23.3 Å². The number of sulfone groups is 1. The van der Waals surface area contributed by atoms with Gasteiger partial charge < -0.3 is 14.0 Å². The normalized spacial score (nSPS) is 12.9. The maximum atomic E-state index is 13.4. The molecule has 32 heavy (non-hydrogen) atoms. The second-order valence-corrected chi connectivity index (χ2v) is 9.97. The summed E-state index contributed by atoms with van der Waals surface area (Å²) < 4.78 is 39.4. The van der Waals surface area contributed by atoms with Crippen molar-refractivity contribution < 1.29 is 17.9 Å². The smallest absolute Gasteiger partial charge is 0.231 e. The van der Waals surface area contributed by atoms with Gasteiger partial charge in [0.1, 0.15) is 4.90 Å². The molecule has 0 saturated carbocycles. The second-order valence-electron chi connectivity index (χ2n) is 7.62. The van der Waals surface area contributed by atoms with Gasteiger partial charge in [0.05, 0.1) is 15.8 Å². The molecule has 0 atom stereocenters. The van der Waals surface area contributed by atoms with E-state index in [2.05, 4.69) is 0 Å². The number of ether oxygens (including phenoxy) is 2. The monoisotopic (exact) mass is 467 g/mol. The molecule has 8 heteroatoms. The van der Waals surface area contributed by atoms with Crippen LogP contribution in [-0.4, -0.2) is 19.8 Å². The molecule has 0 unspecified atom stereocenters. The zero-order chi connectivity index (χ0) is 22.5. The van der Waals surface area contributed by atoms with E-state index < -0.39 is 15.3 Å². The molecule has 4 aromatic rings. The number of hydrogen-bond acceptors (Lipinski definition) is 5. The summed E-state index contributed by atoms with van der Waals surface area (Å²) in [5.41, 5.74) is 2.06. The Bertz CT molecular complexity index is 1510. The number of rotatable bonds is 4. The molecule has 2 heterocycles. The largest absolute Gasteiger partial charge is 0.454 e. The lowest BCUT2D eigenvalue weighted by Gasteiger charge is -2.15. The number of fused-ring (bicyclic) bond motifs is 2. The van der Waals surface area contributed by atoms with Gasteiger partial charge in [0.15, 0.2) is 11.5 Å². The van der Waals surface area contributed by atoms with Crippen LogP contribution >= 0.6 is 11.6 Å². The summed E-state index contributed by atoms with van der Waals surface area (Å²) in [6, 6.07) is 16.9. The first-order valence-electron chi connectivity index (χ1n) is 9.86. The maximum Gasteiger partial charge on any atom is 0.231 e. The van der Waals surface area contributed by atoms with E-state index in [9.17, 15) is 13.2 Å². The zero-order valence-electron chi connectivity index (χ0n) is 17.0. The molecular weight excluding hydrogens is 450 g/mol. The second kappa shape index (κ2) is 7.69. The molecule has 3 aromatic carbocycles. The fourth-order valence-electron chi connectivity index (χ4n) is 3.71. The SMILES string of the molecule is Cc1ccc(Cn2cc(S(=O)(=O)c3ccc(Cl)cc3)c(=O)c3cc4c(cc32)OCO4)cc1. The summed E-state index contributed by atoms with van der Waals surface area (Å²) in [5.74, 6) is 0.931. The van der Waals surface area contributed by atoms with Crippen LogP contribution in [0.25, 0.3) is 10.9 Å². The summed E-state index contributed by atoms with van der Waals surface area (Å²) in [5, 5.41) is 0.656. The van der Waals surface area contributed by atoms with E-state index >= 15 is 0 Å². The van der Waals surface area contributed by atoms with E-state index in [1.165, 1.54) is 30.5 Å². The third kappa shape index (κ3) is 3.53. The van der Waals surface area contributed by atoms with Gasteiger partial charge in [-0.2, -0.15) is 0 Å². The van der Waals surface area contributed by atoms with E-state index in [-0.39, 0.29) is 22.0 Å². The summed E-state index contributed by atoms with van der Waals surface area (Å²) in [7, 11) is -4.08. The summed E-state index contributed by atoms with van der Waals surface area (Å²) in [4.78, 5) is 13.0. The number of aromatic nitrogens is 1. The molecule has 0 saturated heterocycles. The Labute approximate surface area is 189 Å². The van der Waals surface area contributed by atoms with Crippen molar-refractivity contribution >= 4 is 32.3 Å². The van der Waals surface area contributed by atoms with Crippen molar-refractivity contribution in [3.8, 4) is 11.5 Å². The molecule has 1 aliphatic heterocycles. The molecule has 1 aromatic heterocycles. The van der Waals surface area contributed by atoms with Gasteiger partial charge in [-0.05, 0) is 42.8 Å². The van der Waals surface area contributed by atoms with E-state index in [0.29, 0.717) is 28.6 Å². The van der Waals surface area contributed by atoms with Crippen LogP contribution < -0.4 is 14.9 Å². The molecule has 0 fully saturated rings. The number of nitrogens with zero attached hydrogens (tertiary/aromatic N) is 1. The number of pyridine rings is 1. The Balaban J connectivity index is 1.76. The average molecular weight is 468 g/mol. The van der Waals surface area contributed by atoms with Crippen LogP contribution in [0.5, 0.6) is 11.5 Å². The van der Waals surface area contributed by atoms with Crippen molar-refractivity contribution in [2.75, 3.05) is 6.79 Å². The molecule has 162 valence electrons. The van der Waals surface area contributed by atoms with Crippen molar-refractivity contribution in [1.29, 1.82) is 0 Å². The van der Waals surface area contributed by atoms with Crippen molar-refractivity contribution in [3.63, 3.8) is 0 Å². The predicted molar refractivity (Wildman–Crippen MR) is 122 cm³/mol. The lowest BCUT2D eigenvalue weighted by molar-refractivity contribution is 0.174. The van der Waals surface area contributed by atoms with Gasteiger partial charge in [-0.3, -0.25) is 4.79 Å². The minimum atomic E-state index is -4.08. The average Bonchev–Trinajstić information content (AvgIpc) is 3.24. The molecule has 0 spiro atoms. The van der Waals surface area contributed by atoms with Crippen LogP contribution in [0.3, 0.4) is 0 Å². The van der Waals surface area contributed by atoms with Gasteiger partial charge in [-0.1, -0.05) is 41.4 Å². The summed E-state index contributed by atoms with van der Waals surface area (Å²) in [6.07, 6.45) is 1.40. The first-order valence-corrected chi connectivity index (χ1v) is 11.7. The highest BCUT2D eigenvalue weighted by atomic mass is 35.5. The van der Waals surface area contributed by atoms with E-state index in [0.717, 1.165) is 11.1 Å². The first-order chi connectivity index (χ1) is 15.3. The van der Waals surface area contributed by atoms with Gasteiger partial charge in [0, 0.05) is 23.8 Å². The quantitative estimate of drug-likeness (QED) is 0.439. The molecule has 1 aliphatic rings. The summed E-state index contributed by atoms with van der Waals surface area (Å²) in [6.45, 7) is 2.42. The topological polar surface area (TPSA) is 74.6 Å². The van der Waals surface area contributed by atoms with Gasteiger partial charge >= 0.3 is 0 Å². The van der Waals surface area contributed by atoms with E-state index in [4.69, 9.17) is 21.1 Å². The predicted octanol–water partition coefficient (Wildman–Crippen LogP) is 4.57. The minimum Gasteiger partial charge on any atom is -0.454 e. The van der Waals surface area contributed by atoms with Crippen LogP contribution in [-0.2, 0) is 16.4 Å². The molecule has 5 rings (SSSR count).